The lowest BCUT2D eigenvalue weighted by molar-refractivity contribution is -0.118. The van der Waals surface area contributed by atoms with Gasteiger partial charge in [-0.1, -0.05) is 30.3 Å². The lowest BCUT2D eigenvalue weighted by Gasteiger charge is -2.31. The molecule has 1 aliphatic heterocycles. The Hall–Kier alpha value is -3.60. The predicted molar refractivity (Wildman–Crippen MR) is 118 cm³/mol. The summed E-state index contributed by atoms with van der Waals surface area (Å²) in [6, 6.07) is 18.3. The molecule has 5 nitrogen and oxygen atoms in total. The van der Waals surface area contributed by atoms with Crippen molar-refractivity contribution in [1.29, 1.82) is 0 Å². The van der Waals surface area contributed by atoms with Crippen molar-refractivity contribution < 1.29 is 9.59 Å². The minimum Gasteiger partial charge on any atom is -0.287 e. The molecule has 2 aromatic carbocycles. The summed E-state index contributed by atoms with van der Waals surface area (Å²) in [6.45, 7) is 5.91. The third kappa shape index (κ3) is 3.54. The Labute approximate surface area is 176 Å². The number of hydrogen-bond acceptors (Lipinski definition) is 4. The number of aryl methyl sites for hydroxylation is 2. The number of carbonyl (C=O) groups excluding carboxylic acids is 2. The fourth-order valence-electron chi connectivity index (χ4n) is 3.62. The summed E-state index contributed by atoms with van der Waals surface area (Å²) >= 11 is 0. The van der Waals surface area contributed by atoms with Crippen LogP contribution in [0.2, 0.25) is 0 Å². The van der Waals surface area contributed by atoms with E-state index in [2.05, 4.69) is 9.98 Å². The number of amides is 2. The molecule has 4 rings (SSSR count). The molecule has 0 saturated heterocycles. The van der Waals surface area contributed by atoms with Gasteiger partial charge in [-0.05, 0) is 67.8 Å². The molecule has 2 atom stereocenters. The molecule has 0 radical (unpaired) electrons. The van der Waals surface area contributed by atoms with Gasteiger partial charge in [-0.15, -0.1) is 0 Å². The van der Waals surface area contributed by atoms with Crippen molar-refractivity contribution in [2.45, 2.75) is 32.7 Å². The van der Waals surface area contributed by atoms with E-state index in [4.69, 9.17) is 0 Å². The van der Waals surface area contributed by atoms with E-state index in [0.29, 0.717) is 16.8 Å². The van der Waals surface area contributed by atoms with Crippen LogP contribution in [-0.2, 0) is 4.79 Å². The largest absolute Gasteiger partial charge is 0.287 e. The van der Waals surface area contributed by atoms with Crippen LogP contribution in [0.4, 0.5) is 5.69 Å². The van der Waals surface area contributed by atoms with Gasteiger partial charge in [0.25, 0.3) is 5.91 Å². The van der Waals surface area contributed by atoms with Gasteiger partial charge in [0, 0.05) is 18.0 Å². The number of imide groups is 1. The Morgan fingerprint density at radius 1 is 1.00 bits per heavy atom. The predicted octanol–water partition coefficient (Wildman–Crippen LogP) is 4.80. The minimum absolute atomic E-state index is 0.196. The first kappa shape index (κ1) is 19.7. The van der Waals surface area contributed by atoms with Crippen LogP contribution in [0.3, 0.4) is 0 Å². The number of hydrogen-bond donors (Lipinski definition) is 0. The van der Waals surface area contributed by atoms with Gasteiger partial charge in [0.05, 0.1) is 23.3 Å². The van der Waals surface area contributed by atoms with Gasteiger partial charge < -0.3 is 0 Å². The number of benzene rings is 2. The quantitative estimate of drug-likeness (QED) is 0.469. The smallest absolute Gasteiger partial charge is 0.265 e. The SMILES string of the molecule is Cc1ccc(N2C(=O)c3ccccc3[C@H](C=N[C@H](C)c3ccccn3)C2=O)cc1C. The monoisotopic (exact) mass is 397 g/mol. The van der Waals surface area contributed by atoms with Gasteiger partial charge >= 0.3 is 0 Å². The Balaban J connectivity index is 1.74. The number of aliphatic imine (C=N–C) groups is 1. The third-order valence-electron chi connectivity index (χ3n) is 5.54. The van der Waals surface area contributed by atoms with E-state index in [-0.39, 0.29) is 17.9 Å². The average molecular weight is 397 g/mol. The van der Waals surface area contributed by atoms with Gasteiger partial charge in [0.1, 0.15) is 0 Å². The summed E-state index contributed by atoms with van der Waals surface area (Å²) in [4.78, 5) is 36.8. The highest BCUT2D eigenvalue weighted by atomic mass is 16.2. The molecule has 2 heterocycles. The molecule has 150 valence electrons. The van der Waals surface area contributed by atoms with Crippen molar-refractivity contribution in [3.05, 3.63) is 94.8 Å². The number of carbonyl (C=O) groups is 2. The number of anilines is 1. The Morgan fingerprint density at radius 3 is 2.50 bits per heavy atom. The summed E-state index contributed by atoms with van der Waals surface area (Å²) in [5.74, 6) is -1.23. The molecule has 0 N–H and O–H groups in total. The maximum absolute atomic E-state index is 13.4. The number of pyridine rings is 1. The van der Waals surface area contributed by atoms with Crippen molar-refractivity contribution in [3.63, 3.8) is 0 Å². The molecule has 0 bridgehead atoms. The second kappa shape index (κ2) is 8.03. The first-order valence-corrected chi connectivity index (χ1v) is 9.96. The van der Waals surface area contributed by atoms with Crippen LogP contribution in [-0.4, -0.2) is 23.0 Å². The van der Waals surface area contributed by atoms with Crippen LogP contribution in [0, 0.1) is 13.8 Å². The van der Waals surface area contributed by atoms with E-state index in [1.165, 1.54) is 4.90 Å². The second-order valence-corrected chi connectivity index (χ2v) is 7.54. The third-order valence-corrected chi connectivity index (χ3v) is 5.54. The zero-order valence-corrected chi connectivity index (χ0v) is 17.2. The first-order chi connectivity index (χ1) is 14.5. The van der Waals surface area contributed by atoms with Crippen molar-refractivity contribution in [2.75, 3.05) is 4.90 Å². The van der Waals surface area contributed by atoms with Crippen LogP contribution in [0.1, 0.15) is 51.6 Å². The van der Waals surface area contributed by atoms with Crippen LogP contribution in [0.25, 0.3) is 0 Å². The van der Waals surface area contributed by atoms with Crippen molar-refractivity contribution in [3.8, 4) is 0 Å². The molecular formula is C25H23N3O2. The molecule has 3 aromatic rings. The molecule has 0 spiro atoms. The molecule has 2 amide bonds. The van der Waals surface area contributed by atoms with Crippen molar-refractivity contribution >= 4 is 23.7 Å². The fourth-order valence-corrected chi connectivity index (χ4v) is 3.62. The number of nitrogens with zero attached hydrogens (tertiary/aromatic N) is 3. The summed E-state index contributed by atoms with van der Waals surface area (Å²) in [6.07, 6.45) is 3.38. The molecule has 1 aliphatic rings. The minimum atomic E-state index is -0.633. The van der Waals surface area contributed by atoms with E-state index in [0.717, 1.165) is 16.8 Å². The Morgan fingerprint density at radius 2 is 1.77 bits per heavy atom. The first-order valence-electron chi connectivity index (χ1n) is 9.96. The normalized spacial score (nSPS) is 17.3. The standard InChI is InChI=1S/C25H23N3O2/c1-16-11-12-19(14-17(16)2)28-24(29)21-9-5-4-8-20(21)22(25(28)30)15-27-18(3)23-10-6-7-13-26-23/h4-15,18,22H,1-3H3/t18-,22+/m1/s1. The number of rotatable bonds is 4. The lowest BCUT2D eigenvalue weighted by Crippen LogP contribution is -2.45. The summed E-state index contributed by atoms with van der Waals surface area (Å²) < 4.78 is 0. The van der Waals surface area contributed by atoms with Crippen LogP contribution in [0.5, 0.6) is 0 Å². The van der Waals surface area contributed by atoms with Gasteiger partial charge in [0.15, 0.2) is 0 Å². The van der Waals surface area contributed by atoms with Crippen LogP contribution >= 0.6 is 0 Å². The van der Waals surface area contributed by atoms with E-state index in [9.17, 15) is 9.59 Å². The maximum Gasteiger partial charge on any atom is 0.265 e. The van der Waals surface area contributed by atoms with E-state index in [1.807, 2.05) is 75.4 Å². The molecule has 0 saturated carbocycles. The highest BCUT2D eigenvalue weighted by molar-refractivity contribution is 6.29. The van der Waals surface area contributed by atoms with Crippen molar-refractivity contribution in [1.82, 2.24) is 4.98 Å². The number of fused-ring (bicyclic) bond motifs is 1. The zero-order valence-electron chi connectivity index (χ0n) is 17.2. The fraction of sp³-hybridized carbons (Fsp3) is 0.200. The summed E-state index contributed by atoms with van der Waals surface area (Å²) in [5.41, 5.74) is 4.76. The van der Waals surface area contributed by atoms with Gasteiger partial charge in [-0.25, -0.2) is 4.90 Å². The Bertz CT molecular complexity index is 1140. The van der Waals surface area contributed by atoms with Gasteiger partial charge in [-0.3, -0.25) is 19.6 Å². The molecule has 1 aromatic heterocycles. The Kier molecular flexibility index (Phi) is 5.27. The van der Waals surface area contributed by atoms with E-state index in [1.54, 1.807) is 18.5 Å². The average Bonchev–Trinajstić information content (AvgIpc) is 2.76. The molecule has 0 fully saturated rings. The van der Waals surface area contributed by atoms with E-state index < -0.39 is 5.92 Å². The maximum atomic E-state index is 13.4. The molecular weight excluding hydrogens is 374 g/mol. The lowest BCUT2D eigenvalue weighted by atomic mass is 9.88. The van der Waals surface area contributed by atoms with Gasteiger partial charge in [-0.2, -0.15) is 0 Å². The number of aromatic nitrogens is 1. The van der Waals surface area contributed by atoms with E-state index >= 15 is 0 Å². The highest BCUT2D eigenvalue weighted by Gasteiger charge is 2.38. The highest BCUT2D eigenvalue weighted by Crippen LogP contribution is 2.33. The summed E-state index contributed by atoms with van der Waals surface area (Å²) in [7, 11) is 0. The second-order valence-electron chi connectivity index (χ2n) is 7.54. The zero-order chi connectivity index (χ0) is 21.3. The molecule has 5 heteroatoms. The van der Waals surface area contributed by atoms with Crippen LogP contribution < -0.4 is 4.90 Å². The van der Waals surface area contributed by atoms with Crippen molar-refractivity contribution in [2.24, 2.45) is 4.99 Å². The molecule has 0 aliphatic carbocycles. The van der Waals surface area contributed by atoms with Gasteiger partial charge in [0.2, 0.25) is 5.91 Å². The molecule has 30 heavy (non-hydrogen) atoms. The van der Waals surface area contributed by atoms with Crippen LogP contribution in [0.15, 0.2) is 71.9 Å². The summed E-state index contributed by atoms with van der Waals surface area (Å²) in [5, 5.41) is 0. The molecule has 0 unspecified atom stereocenters. The topological polar surface area (TPSA) is 62.6 Å².